The van der Waals surface area contributed by atoms with Crippen molar-refractivity contribution in [2.24, 2.45) is 0 Å². The number of carbonyl (C=O) groups excluding carboxylic acids is 4. The highest BCUT2D eigenvalue weighted by Crippen LogP contribution is 2.31. The van der Waals surface area contributed by atoms with Gasteiger partial charge in [-0.2, -0.15) is 0 Å². The first-order valence-electron chi connectivity index (χ1n) is 10.7. The number of alkyl halides is 1. The monoisotopic (exact) mass is 511 g/mol. The maximum absolute atomic E-state index is 13.0. The molecule has 2 rings (SSSR count). The Hall–Kier alpha value is -2.43. The molecule has 2 aliphatic heterocycles. The minimum Gasteiger partial charge on any atom is -0.463 e. The molecule has 4 N–H and O–H groups in total. The fraction of sp³-hybridized carbons (Fsp3) is 0.800. The SMILES string of the molecule is CC(=O)N[C@H]1[C@H](O[C@H]2[C@@H](O)[C@H](O)[C@@H](CF)O[C@@H]2O)O[C@H](COC(C)=O)[C@@H](OC(C)=O)[C@@H]1OC(C)=O. The van der Waals surface area contributed by atoms with Gasteiger partial charge in [-0.3, -0.25) is 19.2 Å². The number of hydrogen-bond acceptors (Lipinski definition) is 13. The van der Waals surface area contributed by atoms with Gasteiger partial charge < -0.3 is 49.1 Å². The van der Waals surface area contributed by atoms with E-state index in [1.54, 1.807) is 0 Å². The van der Waals surface area contributed by atoms with Crippen molar-refractivity contribution in [3.05, 3.63) is 0 Å². The third-order valence-electron chi connectivity index (χ3n) is 5.18. The number of aliphatic hydroxyl groups excluding tert-OH is 3. The lowest BCUT2D eigenvalue weighted by molar-refractivity contribution is -0.347. The van der Waals surface area contributed by atoms with Crippen LogP contribution in [-0.4, -0.2) is 114 Å². The molecule has 2 fully saturated rings. The van der Waals surface area contributed by atoms with E-state index in [1.165, 1.54) is 0 Å². The molecule has 35 heavy (non-hydrogen) atoms. The minimum absolute atomic E-state index is 0.503. The fourth-order valence-corrected chi connectivity index (χ4v) is 3.76. The van der Waals surface area contributed by atoms with Gasteiger partial charge in [-0.15, -0.1) is 0 Å². The Bertz CT molecular complexity index is 782. The van der Waals surface area contributed by atoms with Crippen LogP contribution in [0.25, 0.3) is 0 Å². The molecule has 1 amide bonds. The Balaban J connectivity index is 2.43. The van der Waals surface area contributed by atoms with Gasteiger partial charge in [0.25, 0.3) is 0 Å². The Labute approximate surface area is 199 Å². The van der Waals surface area contributed by atoms with Crippen molar-refractivity contribution in [3.8, 4) is 0 Å². The van der Waals surface area contributed by atoms with E-state index in [1.807, 2.05) is 0 Å². The van der Waals surface area contributed by atoms with Crippen LogP contribution in [0.15, 0.2) is 0 Å². The molecule has 0 spiro atoms. The number of aliphatic hydroxyl groups is 3. The van der Waals surface area contributed by atoms with Gasteiger partial charge in [-0.1, -0.05) is 0 Å². The summed E-state index contributed by atoms with van der Waals surface area (Å²) in [5, 5.41) is 33.1. The van der Waals surface area contributed by atoms with E-state index in [0.29, 0.717) is 0 Å². The molecule has 2 saturated heterocycles. The standard InChI is InChI=1S/C20H30FNO13/c1-7(23)22-13-17(32-10(4)26)16(31-9(3)25)12(6-30-8(2)24)34-20(13)35-18-15(28)14(27)11(5-21)33-19(18)29/h11-20,27-29H,5-6H2,1-4H3,(H,22,23)/t11-,12-,13-,14-,15+,16-,17-,18+,19+,20+/m1/s1. The highest BCUT2D eigenvalue weighted by Gasteiger charge is 2.54. The smallest absolute Gasteiger partial charge is 0.303 e. The average Bonchev–Trinajstić information content (AvgIpc) is 2.75. The molecule has 2 heterocycles. The number of esters is 3. The zero-order valence-electron chi connectivity index (χ0n) is 19.5. The van der Waals surface area contributed by atoms with Gasteiger partial charge in [0.2, 0.25) is 5.91 Å². The third-order valence-corrected chi connectivity index (χ3v) is 5.18. The second-order valence-corrected chi connectivity index (χ2v) is 8.02. The molecule has 15 heteroatoms. The Morgan fingerprint density at radius 1 is 0.829 bits per heavy atom. The van der Waals surface area contributed by atoms with E-state index in [9.17, 15) is 38.9 Å². The fourth-order valence-electron chi connectivity index (χ4n) is 3.76. The van der Waals surface area contributed by atoms with Gasteiger partial charge in [0, 0.05) is 27.7 Å². The lowest BCUT2D eigenvalue weighted by atomic mass is 9.95. The maximum Gasteiger partial charge on any atom is 0.303 e. The Morgan fingerprint density at radius 2 is 1.43 bits per heavy atom. The quantitative estimate of drug-likeness (QED) is 0.196. The third kappa shape index (κ3) is 7.52. The molecule has 0 aromatic carbocycles. The molecule has 0 bridgehead atoms. The van der Waals surface area contributed by atoms with Crippen molar-refractivity contribution in [2.45, 2.75) is 89.0 Å². The van der Waals surface area contributed by atoms with Crippen molar-refractivity contribution in [3.63, 3.8) is 0 Å². The number of ether oxygens (including phenoxy) is 6. The molecule has 10 atom stereocenters. The summed E-state index contributed by atoms with van der Waals surface area (Å²) >= 11 is 0. The van der Waals surface area contributed by atoms with Crippen LogP contribution < -0.4 is 5.32 Å². The summed E-state index contributed by atoms with van der Waals surface area (Å²) in [6.45, 7) is 2.64. The van der Waals surface area contributed by atoms with Gasteiger partial charge in [0.15, 0.2) is 24.8 Å². The molecule has 0 saturated carbocycles. The summed E-state index contributed by atoms with van der Waals surface area (Å²) in [5.74, 6) is -3.01. The summed E-state index contributed by atoms with van der Waals surface area (Å²) in [6.07, 6.45) is -14.6. The second-order valence-electron chi connectivity index (χ2n) is 8.02. The van der Waals surface area contributed by atoms with Crippen LogP contribution in [0.4, 0.5) is 4.39 Å². The summed E-state index contributed by atoms with van der Waals surface area (Å²) in [5.41, 5.74) is 0. The van der Waals surface area contributed by atoms with Gasteiger partial charge in [0.05, 0.1) is 0 Å². The van der Waals surface area contributed by atoms with Gasteiger partial charge in [0.1, 0.15) is 49.8 Å². The highest BCUT2D eigenvalue weighted by molar-refractivity contribution is 5.73. The number of amides is 1. The molecule has 14 nitrogen and oxygen atoms in total. The van der Waals surface area contributed by atoms with E-state index < -0.39 is 98.4 Å². The van der Waals surface area contributed by atoms with E-state index in [4.69, 9.17) is 28.4 Å². The molecule has 200 valence electrons. The van der Waals surface area contributed by atoms with Gasteiger partial charge in [-0.25, -0.2) is 4.39 Å². The summed E-state index contributed by atoms with van der Waals surface area (Å²) in [6, 6.07) is -1.38. The molecule has 0 aromatic rings. The van der Waals surface area contributed by atoms with Crippen molar-refractivity contribution in [2.75, 3.05) is 13.3 Å². The molecular formula is C20H30FNO13. The second kappa shape index (κ2) is 12.5. The zero-order valence-corrected chi connectivity index (χ0v) is 19.5. The van der Waals surface area contributed by atoms with Crippen molar-refractivity contribution >= 4 is 23.8 Å². The van der Waals surface area contributed by atoms with Crippen LogP contribution in [-0.2, 0) is 47.6 Å². The number of carbonyl (C=O) groups is 4. The van der Waals surface area contributed by atoms with Crippen LogP contribution in [0.3, 0.4) is 0 Å². The first-order chi connectivity index (χ1) is 16.3. The van der Waals surface area contributed by atoms with Crippen LogP contribution in [0, 0.1) is 0 Å². The molecule has 0 unspecified atom stereocenters. The van der Waals surface area contributed by atoms with E-state index in [0.717, 1.165) is 27.7 Å². The zero-order chi connectivity index (χ0) is 26.4. The number of rotatable bonds is 8. The topological polar surface area (TPSA) is 196 Å². The van der Waals surface area contributed by atoms with Crippen LogP contribution >= 0.6 is 0 Å². The van der Waals surface area contributed by atoms with Crippen molar-refractivity contribution in [1.29, 1.82) is 0 Å². The summed E-state index contributed by atoms with van der Waals surface area (Å²) in [4.78, 5) is 46.9. The average molecular weight is 511 g/mol. The van der Waals surface area contributed by atoms with E-state index >= 15 is 0 Å². The normalized spacial score (nSPS) is 37.1. The highest BCUT2D eigenvalue weighted by atomic mass is 19.1. The van der Waals surface area contributed by atoms with Crippen LogP contribution in [0.5, 0.6) is 0 Å². The lowest BCUT2D eigenvalue weighted by Gasteiger charge is -2.47. The van der Waals surface area contributed by atoms with Crippen molar-refractivity contribution in [1.82, 2.24) is 5.32 Å². The van der Waals surface area contributed by atoms with Gasteiger partial charge in [-0.05, 0) is 0 Å². The van der Waals surface area contributed by atoms with E-state index in [-0.39, 0.29) is 0 Å². The van der Waals surface area contributed by atoms with E-state index in [2.05, 4.69) is 5.32 Å². The first-order valence-corrected chi connectivity index (χ1v) is 10.7. The number of halogens is 1. The van der Waals surface area contributed by atoms with Crippen molar-refractivity contribution < 1.29 is 67.3 Å². The van der Waals surface area contributed by atoms with Gasteiger partial charge >= 0.3 is 17.9 Å². The Morgan fingerprint density at radius 3 is 1.94 bits per heavy atom. The molecule has 2 aliphatic rings. The molecule has 0 radical (unpaired) electrons. The predicted molar refractivity (Wildman–Crippen MR) is 108 cm³/mol. The van der Waals surface area contributed by atoms with Crippen LogP contribution in [0.2, 0.25) is 0 Å². The van der Waals surface area contributed by atoms with Crippen LogP contribution in [0.1, 0.15) is 27.7 Å². The maximum atomic E-state index is 13.0. The molecular weight excluding hydrogens is 481 g/mol. The summed E-state index contributed by atoms with van der Waals surface area (Å²) < 4.78 is 44.8. The predicted octanol–water partition coefficient (Wildman–Crippen LogP) is -2.56. The number of nitrogens with one attached hydrogen (secondary N) is 1. The Kier molecular flexibility index (Phi) is 10.3. The lowest BCUT2D eigenvalue weighted by Crippen LogP contribution is -2.68. The molecule has 0 aromatic heterocycles. The minimum atomic E-state index is -1.93. The largest absolute Gasteiger partial charge is 0.463 e. The first kappa shape index (κ1) is 28.8. The number of hydrogen-bond donors (Lipinski definition) is 4. The summed E-state index contributed by atoms with van der Waals surface area (Å²) in [7, 11) is 0. The molecule has 0 aliphatic carbocycles.